The van der Waals surface area contributed by atoms with Crippen LogP contribution in [-0.2, 0) is 26.2 Å². The van der Waals surface area contributed by atoms with Crippen molar-refractivity contribution in [1.82, 2.24) is 30.1 Å². The number of nitrogens with one attached hydrogen (secondary N) is 1. The van der Waals surface area contributed by atoms with Crippen molar-refractivity contribution in [3.63, 3.8) is 0 Å². The maximum Gasteiger partial charge on any atom is 0.252 e. The Kier molecular flexibility index (Phi) is 7.04. The number of aryl methyl sites for hydroxylation is 1. The predicted molar refractivity (Wildman–Crippen MR) is 139 cm³/mol. The summed E-state index contributed by atoms with van der Waals surface area (Å²) in [4.78, 5) is 18.0. The van der Waals surface area contributed by atoms with Gasteiger partial charge in [0, 0.05) is 24.2 Å². The minimum absolute atomic E-state index is 0.139. The van der Waals surface area contributed by atoms with Crippen molar-refractivity contribution in [2.75, 3.05) is 7.11 Å². The van der Waals surface area contributed by atoms with Gasteiger partial charge in [-0.05, 0) is 75.8 Å². The number of rotatable bonds is 9. The van der Waals surface area contributed by atoms with Crippen LogP contribution in [0.15, 0.2) is 77.6 Å². The minimum atomic E-state index is -0.292. The Morgan fingerprint density at radius 3 is 2.46 bits per heavy atom. The summed E-state index contributed by atoms with van der Waals surface area (Å²) >= 11 is 0. The number of tetrazole rings is 1. The molecule has 0 fully saturated rings. The standard InChI is InChI=1S/C28H27FN6O2/c1-19-3-8-22-14-23(28(36)30-26(22)13-19)17-34(15-20-4-9-24(29)10-5-20)18-27-31-32-33-35(27)16-21-6-11-25(37-2)12-7-21/h3-14H,15-18H2,1-2H3,(H,30,36). The fourth-order valence-electron chi connectivity index (χ4n) is 4.30. The van der Waals surface area contributed by atoms with Gasteiger partial charge in [0.2, 0.25) is 0 Å². The SMILES string of the molecule is COc1ccc(Cn2nnnc2CN(Cc2ccc(F)cc2)Cc2cc3ccc(C)cc3[nH]c2=O)cc1. The zero-order valence-electron chi connectivity index (χ0n) is 20.7. The highest BCUT2D eigenvalue weighted by Crippen LogP contribution is 2.17. The molecule has 0 atom stereocenters. The number of pyridine rings is 1. The highest BCUT2D eigenvalue weighted by Gasteiger charge is 2.16. The number of benzene rings is 3. The first-order chi connectivity index (χ1) is 18.0. The van der Waals surface area contributed by atoms with Gasteiger partial charge in [0.1, 0.15) is 11.6 Å². The van der Waals surface area contributed by atoms with Gasteiger partial charge in [0.05, 0.1) is 20.2 Å². The van der Waals surface area contributed by atoms with Crippen LogP contribution < -0.4 is 10.3 Å². The summed E-state index contributed by atoms with van der Waals surface area (Å²) < 4.78 is 20.5. The molecule has 9 heteroatoms. The van der Waals surface area contributed by atoms with Crippen LogP contribution in [0.2, 0.25) is 0 Å². The van der Waals surface area contributed by atoms with Crippen molar-refractivity contribution in [2.24, 2.45) is 0 Å². The normalized spacial score (nSPS) is 11.4. The molecule has 0 unspecified atom stereocenters. The monoisotopic (exact) mass is 498 g/mol. The van der Waals surface area contributed by atoms with Crippen molar-refractivity contribution >= 4 is 10.9 Å². The molecule has 0 amide bonds. The maximum atomic E-state index is 13.5. The molecule has 0 aliphatic heterocycles. The van der Waals surface area contributed by atoms with Crippen LogP contribution in [0.4, 0.5) is 4.39 Å². The van der Waals surface area contributed by atoms with Crippen LogP contribution in [0, 0.1) is 12.7 Å². The third kappa shape index (κ3) is 5.90. The molecule has 2 aromatic heterocycles. The first-order valence-electron chi connectivity index (χ1n) is 11.9. The van der Waals surface area contributed by atoms with Crippen molar-refractivity contribution in [3.8, 4) is 5.75 Å². The van der Waals surface area contributed by atoms with Crippen LogP contribution in [-0.4, -0.2) is 37.2 Å². The topological polar surface area (TPSA) is 88.9 Å². The summed E-state index contributed by atoms with van der Waals surface area (Å²) in [6, 6.07) is 22.0. The first kappa shape index (κ1) is 24.3. The number of fused-ring (bicyclic) bond motifs is 1. The molecule has 0 aliphatic carbocycles. The molecular weight excluding hydrogens is 471 g/mol. The van der Waals surface area contributed by atoms with E-state index in [1.165, 1.54) is 12.1 Å². The summed E-state index contributed by atoms with van der Waals surface area (Å²) in [5.41, 5.74) is 4.33. The van der Waals surface area contributed by atoms with Crippen LogP contribution in [0.1, 0.15) is 28.1 Å². The lowest BCUT2D eigenvalue weighted by Gasteiger charge is -2.22. The highest BCUT2D eigenvalue weighted by atomic mass is 19.1. The second-order valence-corrected chi connectivity index (χ2v) is 9.09. The molecular formula is C28H27FN6O2. The third-order valence-corrected chi connectivity index (χ3v) is 6.25. The lowest BCUT2D eigenvalue weighted by Crippen LogP contribution is -2.28. The number of halogens is 1. The van der Waals surface area contributed by atoms with Gasteiger partial charge >= 0.3 is 0 Å². The first-order valence-corrected chi connectivity index (χ1v) is 11.9. The number of ether oxygens (including phenoxy) is 1. The van der Waals surface area contributed by atoms with Crippen molar-refractivity contribution in [2.45, 2.75) is 33.1 Å². The van der Waals surface area contributed by atoms with Gasteiger partial charge < -0.3 is 9.72 Å². The molecule has 0 saturated heterocycles. The van der Waals surface area contributed by atoms with Gasteiger partial charge in [-0.2, -0.15) is 0 Å². The van der Waals surface area contributed by atoms with Crippen molar-refractivity contribution in [3.05, 3.63) is 117 Å². The summed E-state index contributed by atoms with van der Waals surface area (Å²) in [6.45, 7) is 3.73. The van der Waals surface area contributed by atoms with E-state index in [4.69, 9.17) is 4.74 Å². The molecule has 5 rings (SSSR count). The molecule has 8 nitrogen and oxygen atoms in total. The van der Waals surface area contributed by atoms with E-state index in [1.807, 2.05) is 55.5 Å². The maximum absolute atomic E-state index is 13.5. The smallest absolute Gasteiger partial charge is 0.252 e. The number of methoxy groups -OCH3 is 1. The van der Waals surface area contributed by atoms with Gasteiger partial charge in [-0.25, -0.2) is 9.07 Å². The van der Waals surface area contributed by atoms with Crippen molar-refractivity contribution < 1.29 is 9.13 Å². The Morgan fingerprint density at radius 1 is 0.946 bits per heavy atom. The van der Waals surface area contributed by atoms with E-state index < -0.39 is 0 Å². The molecule has 0 aliphatic rings. The van der Waals surface area contributed by atoms with E-state index in [9.17, 15) is 9.18 Å². The zero-order valence-corrected chi connectivity index (χ0v) is 20.7. The molecule has 3 aromatic carbocycles. The molecule has 1 N–H and O–H groups in total. The Labute approximate surface area is 213 Å². The number of H-pyrrole nitrogens is 1. The summed E-state index contributed by atoms with van der Waals surface area (Å²) in [5, 5.41) is 13.3. The second kappa shape index (κ2) is 10.7. The summed E-state index contributed by atoms with van der Waals surface area (Å²) in [5.74, 6) is 1.15. The zero-order chi connectivity index (χ0) is 25.8. The molecule has 188 valence electrons. The second-order valence-electron chi connectivity index (χ2n) is 9.09. The van der Waals surface area contributed by atoms with Gasteiger partial charge in [-0.3, -0.25) is 9.69 Å². The number of hydrogen-bond acceptors (Lipinski definition) is 6. The summed E-state index contributed by atoms with van der Waals surface area (Å²) in [7, 11) is 1.63. The fourth-order valence-corrected chi connectivity index (χ4v) is 4.30. The van der Waals surface area contributed by atoms with E-state index >= 15 is 0 Å². The van der Waals surface area contributed by atoms with E-state index in [0.717, 1.165) is 33.3 Å². The fraction of sp³-hybridized carbons (Fsp3) is 0.214. The van der Waals surface area contributed by atoms with Crippen LogP contribution >= 0.6 is 0 Å². The van der Waals surface area contributed by atoms with Crippen LogP contribution in [0.5, 0.6) is 5.75 Å². The third-order valence-electron chi connectivity index (χ3n) is 6.25. The highest BCUT2D eigenvalue weighted by molar-refractivity contribution is 5.79. The summed E-state index contributed by atoms with van der Waals surface area (Å²) in [6.07, 6.45) is 0. The van der Waals surface area contributed by atoms with Crippen molar-refractivity contribution in [1.29, 1.82) is 0 Å². The quantitative estimate of drug-likeness (QED) is 0.327. The Morgan fingerprint density at radius 2 is 1.70 bits per heavy atom. The Bertz CT molecular complexity index is 1560. The van der Waals surface area contributed by atoms with Crippen LogP contribution in [0.3, 0.4) is 0 Å². The van der Waals surface area contributed by atoms with Gasteiger partial charge in [-0.15, -0.1) is 5.10 Å². The number of aromatic amines is 1. The van der Waals surface area contributed by atoms with E-state index in [0.29, 0.717) is 37.6 Å². The molecule has 0 saturated carbocycles. The lowest BCUT2D eigenvalue weighted by atomic mass is 10.1. The molecule has 2 heterocycles. The largest absolute Gasteiger partial charge is 0.497 e. The average molecular weight is 499 g/mol. The number of aromatic nitrogens is 5. The molecule has 37 heavy (non-hydrogen) atoms. The average Bonchev–Trinajstić information content (AvgIpc) is 3.32. The Hall–Kier alpha value is -4.37. The van der Waals surface area contributed by atoms with Gasteiger partial charge in [0.25, 0.3) is 5.56 Å². The molecule has 0 bridgehead atoms. The minimum Gasteiger partial charge on any atom is -0.497 e. The molecule has 0 spiro atoms. The van der Waals surface area contributed by atoms with Gasteiger partial charge in [-0.1, -0.05) is 36.4 Å². The number of hydrogen-bond donors (Lipinski definition) is 1. The predicted octanol–water partition coefficient (Wildman–Crippen LogP) is 4.22. The van der Waals surface area contributed by atoms with Crippen LogP contribution in [0.25, 0.3) is 10.9 Å². The van der Waals surface area contributed by atoms with E-state index in [1.54, 1.807) is 23.9 Å². The Balaban J connectivity index is 1.42. The van der Waals surface area contributed by atoms with E-state index in [2.05, 4.69) is 25.4 Å². The molecule has 5 aromatic rings. The molecule has 0 radical (unpaired) electrons. The lowest BCUT2D eigenvalue weighted by molar-refractivity contribution is 0.236. The van der Waals surface area contributed by atoms with Gasteiger partial charge in [0.15, 0.2) is 5.82 Å². The number of nitrogens with zero attached hydrogens (tertiary/aromatic N) is 5. The van der Waals surface area contributed by atoms with E-state index in [-0.39, 0.29) is 11.4 Å².